The molecule has 3 aromatic heterocycles. The lowest BCUT2D eigenvalue weighted by atomic mass is 9.91. The van der Waals surface area contributed by atoms with Crippen molar-refractivity contribution in [2.24, 2.45) is 0 Å². The summed E-state index contributed by atoms with van der Waals surface area (Å²) in [6.45, 7) is 4.57. The normalized spacial score (nSPS) is 17.8. The first-order chi connectivity index (χ1) is 17.6. The standard InChI is InChI=1S/C27H30FN7O/c1-18-16-34(17-29-18)24-11-9-22(30-27(24)36-2)25-31-26-20(7-6-14-35(26)32-25)19-8-10-23(21(28)15-19)33-12-4-3-5-13-33/h8-11,15-17,20H,3-7,12-14H2,1-2H3/t20-/m1/s1. The number of hydrogen-bond donors (Lipinski definition) is 0. The van der Waals surface area contributed by atoms with Crippen molar-refractivity contribution in [1.29, 1.82) is 0 Å². The number of aromatic nitrogens is 6. The lowest BCUT2D eigenvalue weighted by molar-refractivity contribution is 0.396. The van der Waals surface area contributed by atoms with Gasteiger partial charge < -0.3 is 14.2 Å². The van der Waals surface area contributed by atoms with Crippen LogP contribution in [0.2, 0.25) is 0 Å². The molecule has 2 aliphatic rings. The van der Waals surface area contributed by atoms with Crippen molar-refractivity contribution >= 4 is 5.69 Å². The van der Waals surface area contributed by atoms with Crippen molar-refractivity contribution in [3.05, 3.63) is 65.8 Å². The number of ether oxygens (including phenoxy) is 1. The number of halogens is 1. The molecule has 186 valence electrons. The fourth-order valence-corrected chi connectivity index (χ4v) is 5.36. The first-order valence-electron chi connectivity index (χ1n) is 12.7. The van der Waals surface area contributed by atoms with Crippen molar-refractivity contribution < 1.29 is 9.13 Å². The third-order valence-electron chi connectivity index (χ3n) is 7.20. The maximum absolute atomic E-state index is 15.2. The molecule has 1 saturated heterocycles. The molecule has 0 bridgehead atoms. The molecular weight excluding hydrogens is 457 g/mol. The molecule has 0 N–H and O–H groups in total. The van der Waals surface area contributed by atoms with Gasteiger partial charge in [0.1, 0.15) is 23.0 Å². The second-order valence-electron chi connectivity index (χ2n) is 9.62. The average Bonchev–Trinajstić information content (AvgIpc) is 3.55. The van der Waals surface area contributed by atoms with Gasteiger partial charge in [-0.25, -0.2) is 24.0 Å². The van der Waals surface area contributed by atoms with E-state index in [9.17, 15) is 0 Å². The molecule has 2 aliphatic heterocycles. The molecule has 0 amide bonds. The van der Waals surface area contributed by atoms with Crippen LogP contribution in [0.15, 0.2) is 42.9 Å². The van der Waals surface area contributed by atoms with Crippen LogP contribution in [0.3, 0.4) is 0 Å². The monoisotopic (exact) mass is 487 g/mol. The number of methoxy groups -OCH3 is 1. The van der Waals surface area contributed by atoms with Gasteiger partial charge in [0.25, 0.3) is 0 Å². The smallest absolute Gasteiger partial charge is 0.238 e. The van der Waals surface area contributed by atoms with Gasteiger partial charge in [-0.2, -0.15) is 0 Å². The molecule has 1 fully saturated rings. The molecule has 36 heavy (non-hydrogen) atoms. The van der Waals surface area contributed by atoms with E-state index in [0.29, 0.717) is 23.1 Å². The Morgan fingerprint density at radius 3 is 2.56 bits per heavy atom. The highest BCUT2D eigenvalue weighted by Gasteiger charge is 2.28. The molecule has 8 nitrogen and oxygen atoms in total. The zero-order valence-electron chi connectivity index (χ0n) is 20.7. The van der Waals surface area contributed by atoms with Gasteiger partial charge >= 0.3 is 0 Å². The van der Waals surface area contributed by atoms with Gasteiger partial charge in [-0.1, -0.05) is 6.07 Å². The first-order valence-corrected chi connectivity index (χ1v) is 12.7. The maximum atomic E-state index is 15.2. The molecule has 0 radical (unpaired) electrons. The van der Waals surface area contributed by atoms with Gasteiger partial charge in [0, 0.05) is 31.7 Å². The Bertz CT molecular complexity index is 1390. The van der Waals surface area contributed by atoms with Crippen LogP contribution in [0.25, 0.3) is 17.2 Å². The number of rotatable bonds is 5. The van der Waals surface area contributed by atoms with Crippen molar-refractivity contribution in [2.45, 2.75) is 51.5 Å². The van der Waals surface area contributed by atoms with Crippen LogP contribution in [0, 0.1) is 12.7 Å². The minimum Gasteiger partial charge on any atom is -0.479 e. The van der Waals surface area contributed by atoms with E-state index < -0.39 is 0 Å². The van der Waals surface area contributed by atoms with Crippen LogP contribution in [0.4, 0.5) is 10.1 Å². The number of benzene rings is 1. The molecule has 4 aromatic rings. The number of aryl methyl sites for hydroxylation is 2. The van der Waals surface area contributed by atoms with Crippen LogP contribution >= 0.6 is 0 Å². The largest absolute Gasteiger partial charge is 0.479 e. The fraction of sp³-hybridized carbons (Fsp3) is 0.407. The van der Waals surface area contributed by atoms with Crippen molar-refractivity contribution in [1.82, 2.24) is 29.3 Å². The SMILES string of the molecule is COc1nc(-c2nc3n(n2)CCC[C@@H]3c2ccc(N3CCCCC3)c(F)c2)ccc1-n1cnc(C)c1. The lowest BCUT2D eigenvalue weighted by Gasteiger charge is -2.30. The zero-order chi connectivity index (χ0) is 24.6. The summed E-state index contributed by atoms with van der Waals surface area (Å²) in [6.07, 6.45) is 9.01. The molecule has 0 spiro atoms. The van der Waals surface area contributed by atoms with Gasteiger partial charge in [0.05, 0.1) is 24.8 Å². The Morgan fingerprint density at radius 2 is 1.81 bits per heavy atom. The zero-order valence-corrected chi connectivity index (χ0v) is 20.7. The summed E-state index contributed by atoms with van der Waals surface area (Å²) in [5, 5.41) is 4.76. The number of piperidine rings is 1. The number of hydrogen-bond acceptors (Lipinski definition) is 6. The molecule has 6 rings (SSSR count). The minimum absolute atomic E-state index is 0.00000138. The minimum atomic E-state index is -0.150. The molecule has 1 atom stereocenters. The van der Waals surface area contributed by atoms with E-state index in [2.05, 4.69) is 16.0 Å². The Hall–Kier alpha value is -3.75. The Labute approximate surface area is 209 Å². The summed E-state index contributed by atoms with van der Waals surface area (Å²) in [5.41, 5.74) is 4.01. The quantitative estimate of drug-likeness (QED) is 0.399. The van der Waals surface area contributed by atoms with Gasteiger partial charge in [-0.05, 0) is 68.9 Å². The van der Waals surface area contributed by atoms with Gasteiger partial charge in [-0.15, -0.1) is 5.10 Å². The second-order valence-corrected chi connectivity index (χ2v) is 9.62. The van der Waals surface area contributed by atoms with Crippen LogP contribution in [0.5, 0.6) is 5.88 Å². The summed E-state index contributed by atoms with van der Waals surface area (Å²) in [7, 11) is 1.60. The van der Waals surface area contributed by atoms with Crippen LogP contribution in [-0.2, 0) is 6.54 Å². The summed E-state index contributed by atoms with van der Waals surface area (Å²) >= 11 is 0. The topological polar surface area (TPSA) is 73.9 Å². The van der Waals surface area contributed by atoms with E-state index in [1.807, 2.05) is 40.6 Å². The van der Waals surface area contributed by atoms with E-state index in [1.54, 1.807) is 19.5 Å². The molecule has 0 saturated carbocycles. The van der Waals surface area contributed by atoms with Crippen molar-refractivity contribution in [2.75, 3.05) is 25.1 Å². The lowest BCUT2D eigenvalue weighted by Crippen LogP contribution is -2.30. The first kappa shape index (κ1) is 22.7. The van der Waals surface area contributed by atoms with Gasteiger partial charge in [-0.3, -0.25) is 0 Å². The van der Waals surface area contributed by atoms with E-state index in [4.69, 9.17) is 19.8 Å². The van der Waals surface area contributed by atoms with Crippen LogP contribution in [-0.4, -0.2) is 49.5 Å². The van der Waals surface area contributed by atoms with Crippen LogP contribution < -0.4 is 9.64 Å². The summed E-state index contributed by atoms with van der Waals surface area (Å²) in [4.78, 5) is 16.0. The number of fused-ring (bicyclic) bond motifs is 1. The fourth-order valence-electron chi connectivity index (χ4n) is 5.36. The highest BCUT2D eigenvalue weighted by atomic mass is 19.1. The Balaban J connectivity index is 1.31. The van der Waals surface area contributed by atoms with Crippen molar-refractivity contribution in [3.63, 3.8) is 0 Å². The third-order valence-corrected chi connectivity index (χ3v) is 7.20. The summed E-state index contributed by atoms with van der Waals surface area (Å²) in [6, 6.07) is 9.53. The molecule has 0 unspecified atom stereocenters. The van der Waals surface area contributed by atoms with E-state index in [0.717, 1.165) is 68.1 Å². The molecule has 5 heterocycles. The summed E-state index contributed by atoms with van der Waals surface area (Å²) < 4.78 is 24.6. The predicted octanol–water partition coefficient (Wildman–Crippen LogP) is 4.90. The second kappa shape index (κ2) is 9.37. The van der Waals surface area contributed by atoms with E-state index in [-0.39, 0.29) is 11.7 Å². The molecule has 0 aliphatic carbocycles. The number of nitrogens with zero attached hydrogens (tertiary/aromatic N) is 7. The van der Waals surface area contributed by atoms with Crippen molar-refractivity contribution in [3.8, 4) is 23.1 Å². The third kappa shape index (κ3) is 4.12. The van der Waals surface area contributed by atoms with E-state index >= 15 is 4.39 Å². The highest BCUT2D eigenvalue weighted by molar-refractivity contribution is 5.56. The Kier molecular flexibility index (Phi) is 5.91. The van der Waals surface area contributed by atoms with Gasteiger partial charge in [0.2, 0.25) is 5.88 Å². The highest BCUT2D eigenvalue weighted by Crippen LogP contribution is 2.36. The number of imidazole rings is 1. The predicted molar refractivity (Wildman–Crippen MR) is 135 cm³/mol. The Morgan fingerprint density at radius 1 is 0.972 bits per heavy atom. The number of pyridine rings is 1. The van der Waals surface area contributed by atoms with Gasteiger partial charge in [0.15, 0.2) is 5.82 Å². The number of anilines is 1. The van der Waals surface area contributed by atoms with Crippen LogP contribution in [0.1, 0.15) is 55.1 Å². The molecule has 1 aromatic carbocycles. The molecule has 9 heteroatoms. The molecular formula is C27H30FN7O. The summed E-state index contributed by atoms with van der Waals surface area (Å²) in [5.74, 6) is 1.73. The van der Waals surface area contributed by atoms with E-state index in [1.165, 1.54) is 6.42 Å². The maximum Gasteiger partial charge on any atom is 0.238 e. The average molecular weight is 488 g/mol.